The monoisotopic (exact) mass is 270 g/mol. The van der Waals surface area contributed by atoms with E-state index in [1.54, 1.807) is 0 Å². The van der Waals surface area contributed by atoms with Crippen LogP contribution in [0, 0.1) is 0 Å². The lowest BCUT2D eigenvalue weighted by Gasteiger charge is -2.18. The summed E-state index contributed by atoms with van der Waals surface area (Å²) in [6.07, 6.45) is 1.23. The van der Waals surface area contributed by atoms with Crippen molar-refractivity contribution >= 4 is 11.6 Å². The van der Waals surface area contributed by atoms with Gasteiger partial charge in [0.25, 0.3) is 0 Å². The molecule has 0 bridgehead atoms. The summed E-state index contributed by atoms with van der Waals surface area (Å²) in [5.41, 5.74) is 1.98. The summed E-state index contributed by atoms with van der Waals surface area (Å²) >= 11 is 6.05. The number of hydrogen-bond acceptors (Lipinski definition) is 3. The highest BCUT2D eigenvalue weighted by Gasteiger charge is 2.22. The lowest BCUT2D eigenvalue weighted by molar-refractivity contribution is 0.0145. The third kappa shape index (κ3) is 2.97. The fourth-order valence-corrected chi connectivity index (χ4v) is 2.61. The average Bonchev–Trinajstić information content (AvgIpc) is 2.77. The molecular formula is C14H19ClO3. The van der Waals surface area contributed by atoms with Gasteiger partial charge in [-0.3, -0.25) is 0 Å². The molecule has 0 aliphatic carbocycles. The van der Waals surface area contributed by atoms with Crippen molar-refractivity contribution in [1.29, 1.82) is 0 Å². The Morgan fingerprint density at radius 3 is 2.83 bits per heavy atom. The van der Waals surface area contributed by atoms with Gasteiger partial charge in [-0.15, -0.1) is 0 Å². The van der Waals surface area contributed by atoms with Gasteiger partial charge in [0.1, 0.15) is 5.75 Å². The maximum Gasteiger partial charge on any atom is 0.126 e. The summed E-state index contributed by atoms with van der Waals surface area (Å²) < 4.78 is 5.57. The number of halogens is 1. The maximum atomic E-state index is 9.98. The molecule has 0 fully saturated rings. The summed E-state index contributed by atoms with van der Waals surface area (Å²) in [5, 5.41) is 20.4. The molecule has 1 aromatic rings. The number of rotatable bonds is 5. The number of fused-ring (bicyclic) bond motifs is 1. The largest absolute Gasteiger partial charge is 0.493 e. The first-order valence-corrected chi connectivity index (χ1v) is 6.79. The predicted octanol–water partition coefficient (Wildman–Crippen LogP) is 2.34. The smallest absolute Gasteiger partial charge is 0.126 e. The highest BCUT2D eigenvalue weighted by Crippen LogP contribution is 2.33. The molecule has 1 heterocycles. The molecule has 100 valence electrons. The Bertz CT molecular complexity index is 420. The molecule has 0 radical (unpaired) electrons. The summed E-state index contributed by atoms with van der Waals surface area (Å²) in [5.74, 6) is 0.835. The van der Waals surface area contributed by atoms with Crippen molar-refractivity contribution in [3.05, 3.63) is 28.3 Å². The molecule has 2 atom stereocenters. The van der Waals surface area contributed by atoms with E-state index in [2.05, 4.69) is 0 Å². The second-order valence-electron chi connectivity index (χ2n) is 4.78. The molecule has 0 spiro atoms. The fourth-order valence-electron chi connectivity index (χ4n) is 2.35. The van der Waals surface area contributed by atoms with Crippen molar-refractivity contribution in [2.45, 2.75) is 44.8 Å². The first kappa shape index (κ1) is 13.7. The topological polar surface area (TPSA) is 49.7 Å². The van der Waals surface area contributed by atoms with Crippen LogP contribution in [0.2, 0.25) is 5.02 Å². The van der Waals surface area contributed by atoms with Crippen molar-refractivity contribution in [3.8, 4) is 5.75 Å². The molecule has 2 rings (SSSR count). The zero-order valence-electron chi connectivity index (χ0n) is 10.5. The van der Waals surface area contributed by atoms with E-state index in [0.717, 1.165) is 29.7 Å². The van der Waals surface area contributed by atoms with Crippen LogP contribution < -0.4 is 4.74 Å². The van der Waals surface area contributed by atoms with Crippen molar-refractivity contribution in [2.75, 3.05) is 6.61 Å². The zero-order valence-corrected chi connectivity index (χ0v) is 11.3. The SMILES string of the molecule is CCCC(O)C(O)Cc1cc(Cl)cc2c1OCC2. The molecule has 0 saturated carbocycles. The molecule has 18 heavy (non-hydrogen) atoms. The molecule has 0 amide bonds. The second kappa shape index (κ2) is 5.91. The Balaban J connectivity index is 2.14. The van der Waals surface area contributed by atoms with E-state index in [4.69, 9.17) is 16.3 Å². The molecule has 0 aromatic heterocycles. The van der Waals surface area contributed by atoms with E-state index in [1.165, 1.54) is 0 Å². The zero-order chi connectivity index (χ0) is 13.1. The molecular weight excluding hydrogens is 252 g/mol. The molecule has 2 N–H and O–H groups in total. The third-order valence-corrected chi connectivity index (χ3v) is 3.50. The van der Waals surface area contributed by atoms with Crippen molar-refractivity contribution in [3.63, 3.8) is 0 Å². The molecule has 1 aliphatic heterocycles. The van der Waals surface area contributed by atoms with Crippen LogP contribution in [-0.2, 0) is 12.8 Å². The van der Waals surface area contributed by atoms with Gasteiger partial charge >= 0.3 is 0 Å². The van der Waals surface area contributed by atoms with Gasteiger partial charge in [0.2, 0.25) is 0 Å². The van der Waals surface area contributed by atoms with Gasteiger partial charge < -0.3 is 14.9 Å². The van der Waals surface area contributed by atoms with Crippen LogP contribution in [0.5, 0.6) is 5.75 Å². The molecule has 1 aliphatic rings. The predicted molar refractivity (Wildman–Crippen MR) is 71.3 cm³/mol. The Morgan fingerprint density at radius 1 is 1.33 bits per heavy atom. The van der Waals surface area contributed by atoms with Crippen LogP contribution in [0.15, 0.2) is 12.1 Å². The highest BCUT2D eigenvalue weighted by atomic mass is 35.5. The first-order chi connectivity index (χ1) is 8.61. The van der Waals surface area contributed by atoms with Gasteiger partial charge in [0, 0.05) is 17.9 Å². The number of ether oxygens (including phenoxy) is 1. The molecule has 4 heteroatoms. The summed E-state index contributed by atoms with van der Waals surface area (Å²) in [6, 6.07) is 3.72. The summed E-state index contributed by atoms with van der Waals surface area (Å²) in [4.78, 5) is 0. The van der Waals surface area contributed by atoms with E-state index >= 15 is 0 Å². The normalized spacial score (nSPS) is 17.1. The molecule has 0 saturated heterocycles. The summed E-state index contributed by atoms with van der Waals surface area (Å²) in [6.45, 7) is 2.65. The van der Waals surface area contributed by atoms with Gasteiger partial charge in [-0.05, 0) is 29.7 Å². The van der Waals surface area contributed by atoms with Gasteiger partial charge in [0.15, 0.2) is 0 Å². The van der Waals surface area contributed by atoms with E-state index in [1.807, 2.05) is 19.1 Å². The number of benzene rings is 1. The van der Waals surface area contributed by atoms with E-state index in [9.17, 15) is 10.2 Å². The number of aliphatic hydroxyl groups excluding tert-OH is 2. The lowest BCUT2D eigenvalue weighted by atomic mass is 9.98. The minimum absolute atomic E-state index is 0.379. The fraction of sp³-hybridized carbons (Fsp3) is 0.571. The standard InChI is InChI=1S/C14H19ClO3/c1-2-3-12(16)13(17)8-10-7-11(15)6-9-4-5-18-14(9)10/h6-7,12-13,16-17H,2-5,8H2,1H3. The quantitative estimate of drug-likeness (QED) is 0.863. The van der Waals surface area contributed by atoms with Gasteiger partial charge in [-0.2, -0.15) is 0 Å². The van der Waals surface area contributed by atoms with Gasteiger partial charge in [-0.25, -0.2) is 0 Å². The van der Waals surface area contributed by atoms with Crippen molar-refractivity contribution in [1.82, 2.24) is 0 Å². The highest BCUT2D eigenvalue weighted by molar-refractivity contribution is 6.30. The van der Waals surface area contributed by atoms with Crippen LogP contribution in [0.25, 0.3) is 0 Å². The Labute approximate surface area is 112 Å². The minimum Gasteiger partial charge on any atom is -0.493 e. The lowest BCUT2D eigenvalue weighted by Crippen LogP contribution is -2.27. The Morgan fingerprint density at radius 2 is 2.11 bits per heavy atom. The summed E-state index contributed by atoms with van der Waals surface area (Å²) in [7, 11) is 0. The Kier molecular flexibility index (Phi) is 4.49. The Hall–Kier alpha value is -0.770. The van der Waals surface area contributed by atoms with Crippen LogP contribution in [-0.4, -0.2) is 29.0 Å². The minimum atomic E-state index is -0.767. The molecule has 2 unspecified atom stereocenters. The number of hydrogen-bond donors (Lipinski definition) is 2. The van der Waals surface area contributed by atoms with Crippen LogP contribution in [0.3, 0.4) is 0 Å². The van der Waals surface area contributed by atoms with E-state index < -0.39 is 12.2 Å². The van der Waals surface area contributed by atoms with Gasteiger partial charge in [0.05, 0.1) is 18.8 Å². The van der Waals surface area contributed by atoms with Crippen LogP contribution in [0.4, 0.5) is 0 Å². The first-order valence-electron chi connectivity index (χ1n) is 6.42. The molecule has 1 aromatic carbocycles. The van der Waals surface area contributed by atoms with Crippen LogP contribution >= 0.6 is 11.6 Å². The average molecular weight is 271 g/mol. The van der Waals surface area contributed by atoms with Gasteiger partial charge in [-0.1, -0.05) is 24.9 Å². The van der Waals surface area contributed by atoms with E-state index in [0.29, 0.717) is 24.5 Å². The second-order valence-corrected chi connectivity index (χ2v) is 5.22. The van der Waals surface area contributed by atoms with Crippen LogP contribution in [0.1, 0.15) is 30.9 Å². The van der Waals surface area contributed by atoms with Crippen molar-refractivity contribution < 1.29 is 14.9 Å². The van der Waals surface area contributed by atoms with E-state index in [-0.39, 0.29) is 0 Å². The van der Waals surface area contributed by atoms with Crippen molar-refractivity contribution in [2.24, 2.45) is 0 Å². The third-order valence-electron chi connectivity index (χ3n) is 3.28. The maximum absolute atomic E-state index is 9.98. The number of aliphatic hydroxyl groups is 2. The molecule has 3 nitrogen and oxygen atoms in total.